The number of hydrogen-bond acceptors (Lipinski definition) is 4. The summed E-state index contributed by atoms with van der Waals surface area (Å²) in [7, 11) is 1.43. The lowest BCUT2D eigenvalue weighted by Gasteiger charge is -2.15. The summed E-state index contributed by atoms with van der Waals surface area (Å²) in [6, 6.07) is 11.8. The molecule has 0 aliphatic rings. The van der Waals surface area contributed by atoms with Gasteiger partial charge in [-0.1, -0.05) is 30.3 Å². The van der Waals surface area contributed by atoms with E-state index in [0.717, 1.165) is 12.1 Å². The highest BCUT2D eigenvalue weighted by atomic mass is 32.1. The van der Waals surface area contributed by atoms with Crippen molar-refractivity contribution < 1.29 is 9.53 Å². The summed E-state index contributed by atoms with van der Waals surface area (Å²) in [5.74, 6) is -0.464. The molecule has 0 spiro atoms. The third-order valence-corrected chi connectivity index (χ3v) is 3.68. The average Bonchev–Trinajstić information content (AvgIpc) is 2.97. The summed E-state index contributed by atoms with van der Waals surface area (Å²) in [6.07, 6.45) is 0. The minimum atomic E-state index is -0.259. The van der Waals surface area contributed by atoms with Crippen LogP contribution in [0.1, 0.15) is 17.0 Å². The van der Waals surface area contributed by atoms with Crippen LogP contribution in [-0.4, -0.2) is 19.6 Å². The number of hydrogen-bond donors (Lipinski definition) is 1. The van der Waals surface area contributed by atoms with Crippen LogP contribution in [-0.2, 0) is 16.1 Å². The van der Waals surface area contributed by atoms with Crippen LogP contribution in [0.3, 0.4) is 0 Å². The third kappa shape index (κ3) is 3.91. The van der Waals surface area contributed by atoms with Gasteiger partial charge >= 0.3 is 5.97 Å². The van der Waals surface area contributed by atoms with Gasteiger partial charge in [-0.3, -0.25) is 4.79 Å². The zero-order valence-electron chi connectivity index (χ0n) is 10.8. The molecule has 0 amide bonds. The molecule has 0 saturated heterocycles. The number of carbonyl (C=O) groups is 1. The van der Waals surface area contributed by atoms with Crippen molar-refractivity contribution in [2.75, 3.05) is 13.7 Å². The smallest absolute Gasteiger partial charge is 0.314 e. The highest BCUT2D eigenvalue weighted by Gasteiger charge is 2.20. The van der Waals surface area contributed by atoms with E-state index in [0.29, 0.717) is 6.54 Å². The standard InChI is InChI=1S/C15H17NO2S/c1-18-15(17)14(13-5-3-2-4-6-13)10-16-9-12-7-8-19-11-12/h2-8,11,14,16H,9-10H2,1H3. The number of rotatable bonds is 6. The van der Waals surface area contributed by atoms with Gasteiger partial charge in [0.15, 0.2) is 0 Å². The van der Waals surface area contributed by atoms with Crippen LogP contribution in [0.2, 0.25) is 0 Å². The normalized spacial score (nSPS) is 12.1. The monoisotopic (exact) mass is 275 g/mol. The lowest BCUT2D eigenvalue weighted by atomic mass is 9.99. The van der Waals surface area contributed by atoms with Crippen molar-refractivity contribution in [3.8, 4) is 0 Å². The van der Waals surface area contributed by atoms with E-state index in [2.05, 4.69) is 16.8 Å². The van der Waals surface area contributed by atoms with Crippen LogP contribution in [0.15, 0.2) is 47.2 Å². The van der Waals surface area contributed by atoms with Crippen LogP contribution in [0, 0.1) is 0 Å². The van der Waals surface area contributed by atoms with E-state index in [1.54, 1.807) is 11.3 Å². The van der Waals surface area contributed by atoms with E-state index in [-0.39, 0.29) is 11.9 Å². The minimum absolute atomic E-state index is 0.205. The number of nitrogens with one attached hydrogen (secondary N) is 1. The molecule has 100 valence electrons. The van der Waals surface area contributed by atoms with Gasteiger partial charge in [0.25, 0.3) is 0 Å². The summed E-state index contributed by atoms with van der Waals surface area (Å²) in [6.45, 7) is 1.34. The number of thiophene rings is 1. The number of esters is 1. The molecule has 1 aromatic heterocycles. The first-order valence-corrected chi connectivity index (χ1v) is 7.10. The Morgan fingerprint density at radius 1 is 1.32 bits per heavy atom. The van der Waals surface area contributed by atoms with Crippen molar-refractivity contribution in [3.63, 3.8) is 0 Å². The van der Waals surface area contributed by atoms with Gasteiger partial charge in [0, 0.05) is 13.1 Å². The second-order valence-corrected chi connectivity index (χ2v) is 5.03. The molecule has 19 heavy (non-hydrogen) atoms. The molecule has 2 rings (SSSR count). The fourth-order valence-electron chi connectivity index (χ4n) is 1.92. The molecular formula is C15H17NO2S. The lowest BCUT2D eigenvalue weighted by molar-refractivity contribution is -0.142. The van der Waals surface area contributed by atoms with Crippen LogP contribution < -0.4 is 5.32 Å². The van der Waals surface area contributed by atoms with Crippen LogP contribution in [0.25, 0.3) is 0 Å². The predicted octanol–water partition coefficient (Wildman–Crippen LogP) is 2.79. The van der Waals surface area contributed by atoms with Crippen molar-refractivity contribution in [1.82, 2.24) is 5.32 Å². The number of carbonyl (C=O) groups excluding carboxylic acids is 1. The van der Waals surface area contributed by atoms with Crippen LogP contribution in [0.5, 0.6) is 0 Å². The fourth-order valence-corrected chi connectivity index (χ4v) is 2.59. The molecule has 1 aromatic carbocycles. The fraction of sp³-hybridized carbons (Fsp3) is 0.267. The topological polar surface area (TPSA) is 38.3 Å². The van der Waals surface area contributed by atoms with Gasteiger partial charge < -0.3 is 10.1 Å². The summed E-state index contributed by atoms with van der Waals surface area (Å²) in [5.41, 5.74) is 2.22. The summed E-state index contributed by atoms with van der Waals surface area (Å²) in [5, 5.41) is 7.45. The molecule has 0 bridgehead atoms. The molecule has 1 atom stereocenters. The molecular weight excluding hydrogens is 258 g/mol. The van der Waals surface area contributed by atoms with Crippen LogP contribution >= 0.6 is 11.3 Å². The van der Waals surface area contributed by atoms with E-state index >= 15 is 0 Å². The van der Waals surface area contributed by atoms with Gasteiger partial charge in [-0.15, -0.1) is 0 Å². The largest absolute Gasteiger partial charge is 0.469 e. The Labute approximate surface area is 117 Å². The first kappa shape index (κ1) is 13.8. The first-order valence-electron chi connectivity index (χ1n) is 6.16. The van der Waals surface area contributed by atoms with E-state index in [9.17, 15) is 4.79 Å². The van der Waals surface area contributed by atoms with Gasteiger partial charge in [-0.05, 0) is 28.0 Å². The molecule has 0 aliphatic heterocycles. The molecule has 3 nitrogen and oxygen atoms in total. The molecule has 1 N–H and O–H groups in total. The zero-order valence-corrected chi connectivity index (χ0v) is 11.7. The predicted molar refractivity (Wildman–Crippen MR) is 77.2 cm³/mol. The first-order chi connectivity index (χ1) is 9.31. The van der Waals surface area contributed by atoms with Crippen molar-refractivity contribution in [1.29, 1.82) is 0 Å². The summed E-state index contributed by atoms with van der Waals surface area (Å²) in [4.78, 5) is 11.8. The molecule has 0 aliphatic carbocycles. The Bertz CT molecular complexity index is 496. The zero-order chi connectivity index (χ0) is 13.5. The maximum Gasteiger partial charge on any atom is 0.314 e. The van der Waals surface area contributed by atoms with E-state index < -0.39 is 0 Å². The molecule has 1 unspecified atom stereocenters. The Balaban J connectivity index is 1.97. The molecule has 0 saturated carbocycles. The second-order valence-electron chi connectivity index (χ2n) is 4.25. The highest BCUT2D eigenvalue weighted by molar-refractivity contribution is 7.07. The van der Waals surface area contributed by atoms with Crippen molar-refractivity contribution >= 4 is 17.3 Å². The maximum absolute atomic E-state index is 11.8. The van der Waals surface area contributed by atoms with E-state index in [1.807, 2.05) is 35.7 Å². The number of ether oxygens (including phenoxy) is 1. The second kappa shape index (κ2) is 7.07. The average molecular weight is 275 g/mol. The van der Waals surface area contributed by atoms with Gasteiger partial charge in [0.05, 0.1) is 13.0 Å². The molecule has 2 aromatic rings. The lowest BCUT2D eigenvalue weighted by Crippen LogP contribution is -2.27. The quantitative estimate of drug-likeness (QED) is 0.824. The van der Waals surface area contributed by atoms with Gasteiger partial charge in [-0.2, -0.15) is 11.3 Å². The Kier molecular flexibility index (Phi) is 5.12. The minimum Gasteiger partial charge on any atom is -0.469 e. The Hall–Kier alpha value is -1.65. The summed E-state index contributed by atoms with van der Waals surface area (Å²) >= 11 is 1.67. The molecule has 0 radical (unpaired) electrons. The van der Waals surface area contributed by atoms with Crippen molar-refractivity contribution in [3.05, 3.63) is 58.3 Å². The highest BCUT2D eigenvalue weighted by Crippen LogP contribution is 2.16. The molecule has 1 heterocycles. The Morgan fingerprint density at radius 2 is 2.11 bits per heavy atom. The summed E-state index contributed by atoms with van der Waals surface area (Å²) < 4.78 is 4.88. The van der Waals surface area contributed by atoms with Gasteiger partial charge in [0.1, 0.15) is 0 Å². The van der Waals surface area contributed by atoms with Crippen molar-refractivity contribution in [2.24, 2.45) is 0 Å². The van der Waals surface area contributed by atoms with E-state index in [4.69, 9.17) is 4.74 Å². The molecule has 4 heteroatoms. The third-order valence-electron chi connectivity index (χ3n) is 2.95. The maximum atomic E-state index is 11.8. The SMILES string of the molecule is COC(=O)C(CNCc1ccsc1)c1ccccc1. The molecule has 0 fully saturated rings. The number of methoxy groups -OCH3 is 1. The van der Waals surface area contributed by atoms with E-state index in [1.165, 1.54) is 12.7 Å². The van der Waals surface area contributed by atoms with Gasteiger partial charge in [0.2, 0.25) is 0 Å². The van der Waals surface area contributed by atoms with Crippen molar-refractivity contribution in [2.45, 2.75) is 12.5 Å². The Morgan fingerprint density at radius 3 is 2.74 bits per heavy atom. The van der Waals surface area contributed by atoms with Crippen LogP contribution in [0.4, 0.5) is 0 Å². The number of benzene rings is 1. The van der Waals surface area contributed by atoms with Gasteiger partial charge in [-0.25, -0.2) is 0 Å².